The first-order chi connectivity index (χ1) is 4.97. The van der Waals surface area contributed by atoms with Gasteiger partial charge in [0, 0.05) is 12.3 Å². The molecule has 11 heavy (non-hydrogen) atoms. The van der Waals surface area contributed by atoms with Gasteiger partial charge < -0.3 is 0 Å². The van der Waals surface area contributed by atoms with Gasteiger partial charge in [-0.05, 0) is 23.7 Å². The van der Waals surface area contributed by atoms with Crippen molar-refractivity contribution in [1.29, 1.82) is 0 Å². The van der Waals surface area contributed by atoms with Crippen LogP contribution in [0.25, 0.3) is 0 Å². The molecular formula is C10H16O. The Morgan fingerprint density at radius 1 is 1.36 bits per heavy atom. The van der Waals surface area contributed by atoms with Gasteiger partial charge in [0.2, 0.25) is 0 Å². The summed E-state index contributed by atoms with van der Waals surface area (Å²) >= 11 is 0. The summed E-state index contributed by atoms with van der Waals surface area (Å²) in [6.07, 6.45) is 3.11. The molecule has 1 nitrogen and oxygen atoms in total. The monoisotopic (exact) mass is 152 g/mol. The summed E-state index contributed by atoms with van der Waals surface area (Å²) in [5.41, 5.74) is 0.772. The molecule has 0 radical (unpaired) electrons. The molecule has 3 fully saturated rings. The lowest BCUT2D eigenvalue weighted by molar-refractivity contribution is -0.171. The molecule has 0 saturated heterocycles. The van der Waals surface area contributed by atoms with Gasteiger partial charge in [-0.2, -0.15) is 0 Å². The maximum Gasteiger partial charge on any atom is 0.136 e. The number of hydrogen-bond acceptors (Lipinski definition) is 1. The minimum Gasteiger partial charge on any atom is -0.299 e. The Balaban J connectivity index is 2.31. The third-order valence-corrected chi connectivity index (χ3v) is 4.39. The molecule has 62 valence electrons. The first-order valence-corrected chi connectivity index (χ1v) is 4.50. The first-order valence-electron chi connectivity index (χ1n) is 4.50. The number of ketones is 1. The van der Waals surface area contributed by atoms with Gasteiger partial charge in [0.05, 0.1) is 0 Å². The molecule has 0 aromatic heterocycles. The van der Waals surface area contributed by atoms with Crippen LogP contribution in [0.1, 0.15) is 40.0 Å². The van der Waals surface area contributed by atoms with Gasteiger partial charge >= 0.3 is 0 Å². The molecule has 0 aliphatic heterocycles. The summed E-state index contributed by atoms with van der Waals surface area (Å²) in [6, 6.07) is 0. The Morgan fingerprint density at radius 3 is 2.36 bits per heavy atom. The number of carbonyl (C=O) groups is 1. The fourth-order valence-electron chi connectivity index (χ4n) is 2.77. The predicted molar refractivity (Wildman–Crippen MR) is 44.2 cm³/mol. The number of fused-ring (bicyclic) bond motifs is 2. The molecule has 3 rings (SSSR count). The van der Waals surface area contributed by atoms with E-state index in [4.69, 9.17) is 0 Å². The van der Waals surface area contributed by atoms with Gasteiger partial charge in [0.1, 0.15) is 5.78 Å². The molecule has 2 bridgehead atoms. The number of hydrogen-bond donors (Lipinski definition) is 0. The second-order valence-corrected chi connectivity index (χ2v) is 5.01. The molecule has 1 heteroatoms. The topological polar surface area (TPSA) is 17.1 Å². The number of carbonyl (C=O) groups excluding carboxylic acids is 1. The van der Waals surface area contributed by atoms with Crippen molar-refractivity contribution in [3.63, 3.8) is 0 Å². The van der Waals surface area contributed by atoms with Crippen molar-refractivity contribution in [2.45, 2.75) is 40.0 Å². The summed E-state index contributed by atoms with van der Waals surface area (Å²) < 4.78 is 0. The Bertz CT molecular complexity index is 213. The molecule has 2 atom stereocenters. The van der Waals surface area contributed by atoms with Crippen LogP contribution in [0.3, 0.4) is 0 Å². The summed E-state index contributed by atoms with van der Waals surface area (Å²) in [7, 11) is 0. The lowest BCUT2D eigenvalue weighted by Crippen LogP contribution is -2.59. The standard InChI is InChI=1S/C10H16O/c1-9(2)7-6-10(9,3)5-4-8(7)11/h7H,4-6H2,1-3H3/t7-,10-/m0/s1. The SMILES string of the molecule is CC1(C)[C@H]2C[C@]1(C)CCC2=O. The molecule has 0 aromatic rings. The second kappa shape index (κ2) is 1.70. The van der Waals surface area contributed by atoms with E-state index in [1.165, 1.54) is 0 Å². The van der Waals surface area contributed by atoms with Crippen molar-refractivity contribution in [3.8, 4) is 0 Å². The van der Waals surface area contributed by atoms with Crippen molar-refractivity contribution >= 4 is 5.78 Å². The maximum absolute atomic E-state index is 11.4. The summed E-state index contributed by atoms with van der Waals surface area (Å²) in [4.78, 5) is 11.4. The van der Waals surface area contributed by atoms with Crippen LogP contribution in [0.4, 0.5) is 0 Å². The molecule has 0 aromatic carbocycles. The van der Waals surface area contributed by atoms with E-state index < -0.39 is 0 Å². The molecule has 0 N–H and O–H groups in total. The maximum atomic E-state index is 11.4. The Morgan fingerprint density at radius 2 is 2.00 bits per heavy atom. The van der Waals surface area contributed by atoms with E-state index in [1.54, 1.807) is 0 Å². The Kier molecular flexibility index (Phi) is 1.13. The quantitative estimate of drug-likeness (QED) is 0.521. The summed E-state index contributed by atoms with van der Waals surface area (Å²) in [6.45, 7) is 6.83. The van der Waals surface area contributed by atoms with Crippen LogP contribution in [0.5, 0.6) is 0 Å². The van der Waals surface area contributed by atoms with E-state index in [1.807, 2.05) is 0 Å². The second-order valence-electron chi connectivity index (χ2n) is 5.01. The van der Waals surface area contributed by atoms with Crippen molar-refractivity contribution < 1.29 is 4.79 Å². The highest BCUT2D eigenvalue weighted by molar-refractivity contribution is 5.84. The highest BCUT2D eigenvalue weighted by Gasteiger charge is 2.61. The van der Waals surface area contributed by atoms with Crippen LogP contribution < -0.4 is 0 Å². The average molecular weight is 152 g/mol. The van der Waals surface area contributed by atoms with E-state index in [0.717, 1.165) is 19.3 Å². The molecule has 0 spiro atoms. The van der Waals surface area contributed by atoms with Crippen LogP contribution in [0.15, 0.2) is 0 Å². The zero-order valence-corrected chi connectivity index (χ0v) is 7.61. The lowest BCUT2D eigenvalue weighted by atomic mass is 9.40. The minimum absolute atomic E-state index is 0.294. The third-order valence-electron chi connectivity index (χ3n) is 4.39. The zero-order valence-electron chi connectivity index (χ0n) is 7.61. The smallest absolute Gasteiger partial charge is 0.136 e. The normalized spacial score (nSPS) is 46.8. The molecule has 3 saturated carbocycles. The van der Waals surface area contributed by atoms with Gasteiger partial charge in [-0.25, -0.2) is 0 Å². The summed E-state index contributed by atoms with van der Waals surface area (Å²) in [5, 5.41) is 0. The highest BCUT2D eigenvalue weighted by Crippen LogP contribution is 2.66. The van der Waals surface area contributed by atoms with Crippen molar-refractivity contribution in [3.05, 3.63) is 0 Å². The van der Waals surface area contributed by atoms with E-state index in [9.17, 15) is 4.79 Å². The average Bonchev–Trinajstić information content (AvgIpc) is 1.94. The van der Waals surface area contributed by atoms with E-state index >= 15 is 0 Å². The molecular weight excluding hydrogens is 136 g/mol. The Hall–Kier alpha value is -0.330. The van der Waals surface area contributed by atoms with Crippen molar-refractivity contribution in [2.24, 2.45) is 16.7 Å². The molecule has 0 amide bonds. The van der Waals surface area contributed by atoms with Crippen LogP contribution >= 0.6 is 0 Å². The van der Waals surface area contributed by atoms with Crippen molar-refractivity contribution in [2.75, 3.05) is 0 Å². The highest BCUT2D eigenvalue weighted by atomic mass is 16.1. The molecule has 3 aliphatic rings. The van der Waals surface area contributed by atoms with Gasteiger partial charge in [0.25, 0.3) is 0 Å². The lowest BCUT2D eigenvalue weighted by Gasteiger charge is -2.63. The van der Waals surface area contributed by atoms with Gasteiger partial charge in [0.15, 0.2) is 0 Å². The van der Waals surface area contributed by atoms with Crippen LogP contribution in [-0.2, 0) is 4.79 Å². The van der Waals surface area contributed by atoms with Crippen LogP contribution in [0, 0.1) is 16.7 Å². The predicted octanol–water partition coefficient (Wildman–Crippen LogP) is 2.40. The first kappa shape index (κ1) is 7.33. The van der Waals surface area contributed by atoms with Gasteiger partial charge in [-0.1, -0.05) is 20.8 Å². The number of Topliss-reactive ketones (excluding diaryl/α,β-unsaturated/α-hetero) is 1. The third kappa shape index (κ3) is 0.646. The zero-order chi connectivity index (χ0) is 8.28. The van der Waals surface area contributed by atoms with Crippen molar-refractivity contribution in [1.82, 2.24) is 0 Å². The van der Waals surface area contributed by atoms with Crippen LogP contribution in [0.2, 0.25) is 0 Å². The van der Waals surface area contributed by atoms with E-state index in [-0.39, 0.29) is 0 Å². The van der Waals surface area contributed by atoms with Gasteiger partial charge in [-0.3, -0.25) is 4.79 Å². The minimum atomic E-state index is 0.294. The van der Waals surface area contributed by atoms with Crippen LogP contribution in [-0.4, -0.2) is 5.78 Å². The van der Waals surface area contributed by atoms with E-state index in [2.05, 4.69) is 20.8 Å². The fraction of sp³-hybridized carbons (Fsp3) is 0.900. The molecule has 0 unspecified atom stereocenters. The molecule has 0 heterocycles. The largest absolute Gasteiger partial charge is 0.299 e. The fourth-order valence-corrected chi connectivity index (χ4v) is 2.77. The molecule has 3 aliphatic carbocycles. The Labute approximate surface area is 68.2 Å². The number of rotatable bonds is 0. The van der Waals surface area contributed by atoms with Gasteiger partial charge in [-0.15, -0.1) is 0 Å². The summed E-state index contributed by atoms with van der Waals surface area (Å²) in [5.74, 6) is 0.903. The van der Waals surface area contributed by atoms with E-state index in [0.29, 0.717) is 22.5 Å².